The summed E-state index contributed by atoms with van der Waals surface area (Å²) < 4.78 is 1.97. The number of hydrogen-bond donors (Lipinski definition) is 0. The van der Waals surface area contributed by atoms with Crippen LogP contribution in [0.15, 0.2) is 6.07 Å². The first-order valence-electron chi connectivity index (χ1n) is 8.19. The molecule has 2 aliphatic heterocycles. The number of hydrogen-bond acceptors (Lipinski definition) is 3. The number of thioether (sulfide) groups is 2. The van der Waals surface area contributed by atoms with Crippen LogP contribution in [0.4, 0.5) is 0 Å². The number of fused-ring (bicyclic) bond motifs is 3. The Labute approximate surface area is 140 Å². The molecule has 2 saturated carbocycles. The van der Waals surface area contributed by atoms with Crippen LogP contribution in [0, 0.1) is 25.7 Å². The molecule has 2 aliphatic carbocycles. The lowest BCUT2D eigenvalue weighted by Gasteiger charge is -2.51. The molecule has 2 saturated heterocycles. The van der Waals surface area contributed by atoms with Gasteiger partial charge in [-0.15, -0.1) is 34.9 Å². The molecular weight excluding hydrogens is 312 g/mol. The minimum Gasteiger partial charge on any atom is -0.147 e. The summed E-state index contributed by atoms with van der Waals surface area (Å²) in [6.07, 6.45) is 4.33. The third-order valence-electron chi connectivity index (χ3n) is 7.10. The van der Waals surface area contributed by atoms with Crippen LogP contribution in [-0.2, 0) is 4.75 Å². The minimum atomic E-state index is 0.435. The second-order valence-corrected chi connectivity index (χ2v) is 13.8. The average molecular weight is 337 g/mol. The fourth-order valence-electron chi connectivity index (χ4n) is 6.42. The zero-order valence-electron chi connectivity index (χ0n) is 13.6. The lowest BCUT2D eigenvalue weighted by molar-refractivity contribution is 0.185. The van der Waals surface area contributed by atoms with E-state index in [1.165, 1.54) is 24.1 Å². The molecule has 4 fully saturated rings. The van der Waals surface area contributed by atoms with E-state index >= 15 is 0 Å². The lowest BCUT2D eigenvalue weighted by atomic mass is 9.65. The van der Waals surface area contributed by atoms with Crippen molar-refractivity contribution in [1.29, 1.82) is 0 Å². The van der Waals surface area contributed by atoms with Gasteiger partial charge >= 0.3 is 0 Å². The van der Waals surface area contributed by atoms with Crippen LogP contribution in [-0.4, -0.2) is 14.2 Å². The average Bonchev–Trinajstić information content (AvgIpc) is 2.95. The summed E-state index contributed by atoms with van der Waals surface area (Å²) in [5.41, 5.74) is 1.71. The standard InChI is InChI=1S/C18H24S3/c1-10-6-12(11(2)19-10)18-9-15(3)7-13-14(18)8-16(4,21-18)17(13,5)20-15/h6,13-14H,7-9H2,1-5H3. The molecule has 0 nitrogen and oxygen atoms in total. The van der Waals surface area contributed by atoms with Gasteiger partial charge in [-0.05, 0) is 70.4 Å². The number of rotatable bonds is 1. The van der Waals surface area contributed by atoms with Crippen molar-refractivity contribution >= 4 is 34.9 Å². The van der Waals surface area contributed by atoms with Crippen LogP contribution in [0.2, 0.25) is 0 Å². The molecule has 4 aliphatic rings. The van der Waals surface area contributed by atoms with Gasteiger partial charge in [0.1, 0.15) is 0 Å². The Balaban J connectivity index is 1.76. The van der Waals surface area contributed by atoms with Crippen LogP contribution in [0.3, 0.4) is 0 Å². The maximum absolute atomic E-state index is 2.60. The summed E-state index contributed by atoms with van der Waals surface area (Å²) in [5, 5.41) is 0. The summed E-state index contributed by atoms with van der Waals surface area (Å²) in [6.45, 7) is 12.4. The molecule has 3 heterocycles. The van der Waals surface area contributed by atoms with Crippen molar-refractivity contribution < 1.29 is 0 Å². The van der Waals surface area contributed by atoms with E-state index in [4.69, 9.17) is 0 Å². The molecule has 114 valence electrons. The normalized spacial score (nSPS) is 56.6. The molecule has 6 unspecified atom stereocenters. The number of thiophene rings is 1. The van der Waals surface area contributed by atoms with Gasteiger partial charge in [0.05, 0.1) is 0 Å². The largest absolute Gasteiger partial charge is 0.147 e. The Kier molecular flexibility index (Phi) is 2.34. The zero-order valence-corrected chi connectivity index (χ0v) is 16.0. The van der Waals surface area contributed by atoms with Gasteiger partial charge in [0.25, 0.3) is 0 Å². The molecule has 21 heavy (non-hydrogen) atoms. The van der Waals surface area contributed by atoms with E-state index in [-0.39, 0.29) is 0 Å². The summed E-state index contributed by atoms with van der Waals surface area (Å²) in [4.78, 5) is 3.09. The van der Waals surface area contributed by atoms with Gasteiger partial charge in [-0.2, -0.15) is 0 Å². The fraction of sp³-hybridized carbons (Fsp3) is 0.778. The lowest BCUT2D eigenvalue weighted by Crippen LogP contribution is -2.50. The molecule has 6 atom stereocenters. The molecule has 4 bridgehead atoms. The summed E-state index contributed by atoms with van der Waals surface area (Å²) in [6, 6.07) is 2.53. The van der Waals surface area contributed by atoms with Gasteiger partial charge in [-0.1, -0.05) is 6.92 Å². The molecule has 3 heteroatoms. The van der Waals surface area contributed by atoms with Gasteiger partial charge in [0.2, 0.25) is 0 Å². The van der Waals surface area contributed by atoms with E-state index in [0.29, 0.717) is 19.0 Å². The molecule has 1 aromatic heterocycles. The molecule has 1 aromatic rings. The van der Waals surface area contributed by atoms with Crippen LogP contribution in [0.5, 0.6) is 0 Å². The molecule has 0 spiro atoms. The summed E-state index contributed by atoms with van der Waals surface area (Å²) in [5.74, 6) is 1.88. The fourth-order valence-corrected chi connectivity index (χ4v) is 12.7. The quantitative estimate of drug-likeness (QED) is 0.639. The molecule has 5 rings (SSSR count). The monoisotopic (exact) mass is 336 g/mol. The highest BCUT2D eigenvalue weighted by molar-refractivity contribution is 8.07. The van der Waals surface area contributed by atoms with Crippen LogP contribution in [0.25, 0.3) is 0 Å². The van der Waals surface area contributed by atoms with Crippen molar-refractivity contribution in [2.24, 2.45) is 11.8 Å². The first-order chi connectivity index (χ1) is 9.72. The Morgan fingerprint density at radius 2 is 1.81 bits per heavy atom. The second kappa shape index (κ2) is 3.57. The smallest absolute Gasteiger partial charge is 0.0470 e. The van der Waals surface area contributed by atoms with E-state index in [9.17, 15) is 0 Å². The summed E-state index contributed by atoms with van der Waals surface area (Å²) in [7, 11) is 0. The first kappa shape index (κ1) is 13.8. The zero-order chi connectivity index (χ0) is 14.8. The van der Waals surface area contributed by atoms with Crippen molar-refractivity contribution in [3.63, 3.8) is 0 Å². The minimum absolute atomic E-state index is 0.435. The molecule has 0 aromatic carbocycles. The van der Waals surface area contributed by atoms with Gasteiger partial charge in [0.15, 0.2) is 0 Å². The Morgan fingerprint density at radius 1 is 1.05 bits per heavy atom. The van der Waals surface area contributed by atoms with Crippen molar-refractivity contribution in [3.05, 3.63) is 21.4 Å². The maximum Gasteiger partial charge on any atom is 0.0470 e. The Morgan fingerprint density at radius 3 is 2.48 bits per heavy atom. The van der Waals surface area contributed by atoms with E-state index in [0.717, 1.165) is 11.8 Å². The molecule has 0 N–H and O–H groups in total. The topological polar surface area (TPSA) is 0 Å². The predicted octanol–water partition coefficient (Wildman–Crippen LogP) is 5.76. The van der Waals surface area contributed by atoms with Crippen molar-refractivity contribution in [1.82, 2.24) is 0 Å². The van der Waals surface area contributed by atoms with Crippen molar-refractivity contribution in [2.75, 3.05) is 0 Å². The second-order valence-electron chi connectivity index (χ2n) is 8.51. The van der Waals surface area contributed by atoms with Gasteiger partial charge in [-0.25, -0.2) is 0 Å². The first-order valence-corrected chi connectivity index (χ1v) is 10.6. The van der Waals surface area contributed by atoms with Crippen molar-refractivity contribution in [2.45, 2.75) is 72.9 Å². The van der Waals surface area contributed by atoms with Gasteiger partial charge in [-0.3, -0.25) is 0 Å². The maximum atomic E-state index is 2.60. The molecule has 0 radical (unpaired) electrons. The molecular formula is C18H24S3. The predicted molar refractivity (Wildman–Crippen MR) is 96.7 cm³/mol. The van der Waals surface area contributed by atoms with Crippen molar-refractivity contribution in [3.8, 4) is 0 Å². The molecule has 0 amide bonds. The Hall–Kier alpha value is 0.400. The van der Waals surface area contributed by atoms with Gasteiger partial charge < -0.3 is 0 Å². The van der Waals surface area contributed by atoms with Crippen LogP contribution >= 0.6 is 34.9 Å². The highest BCUT2D eigenvalue weighted by Gasteiger charge is 2.79. The highest BCUT2D eigenvalue weighted by Crippen LogP contribution is 2.85. The van der Waals surface area contributed by atoms with E-state index < -0.39 is 0 Å². The van der Waals surface area contributed by atoms with E-state index in [1.807, 2.05) is 11.3 Å². The van der Waals surface area contributed by atoms with Gasteiger partial charge in [0, 0.05) is 28.7 Å². The number of aryl methyl sites for hydroxylation is 2. The highest BCUT2D eigenvalue weighted by atomic mass is 32.2. The third-order valence-corrected chi connectivity index (χ3v) is 12.3. The third kappa shape index (κ3) is 1.35. The SMILES string of the molecule is Cc1cc(C23CC4(C)CC5C2CC(C)(S3)C5(C)S4)c(C)s1. The summed E-state index contributed by atoms with van der Waals surface area (Å²) >= 11 is 6.76. The Bertz CT molecular complexity index is 659. The van der Waals surface area contributed by atoms with Crippen LogP contribution < -0.4 is 0 Å². The van der Waals surface area contributed by atoms with Crippen LogP contribution in [0.1, 0.15) is 55.4 Å². The van der Waals surface area contributed by atoms with E-state index in [2.05, 4.69) is 64.2 Å². The van der Waals surface area contributed by atoms with E-state index in [1.54, 1.807) is 10.4 Å².